The number of nitrogens with two attached hydrogens (primary N) is 2. The van der Waals surface area contributed by atoms with E-state index in [9.17, 15) is 0 Å². The summed E-state index contributed by atoms with van der Waals surface area (Å²) < 4.78 is 0. The van der Waals surface area contributed by atoms with Crippen LogP contribution in [0.4, 0.5) is 0 Å². The molecule has 0 aromatic heterocycles. The molecule has 0 saturated heterocycles. The smallest absolute Gasteiger partial charge is 0.211 e. The Bertz CT molecular complexity index is 662. The van der Waals surface area contributed by atoms with Crippen LogP contribution in [0.1, 0.15) is 11.1 Å². The summed E-state index contributed by atoms with van der Waals surface area (Å²) in [5.74, 6) is -0.122. The lowest BCUT2D eigenvalue weighted by atomic mass is 10.0. The van der Waals surface area contributed by atoms with Crippen LogP contribution < -0.4 is 11.5 Å². The summed E-state index contributed by atoms with van der Waals surface area (Å²) >= 11 is 12.1. The quantitative estimate of drug-likeness (QED) is 0.519. The molecule has 4 N–H and O–H groups in total. The maximum atomic E-state index is 6.21. The van der Waals surface area contributed by atoms with Crippen molar-refractivity contribution >= 4 is 34.9 Å². The van der Waals surface area contributed by atoms with Crippen LogP contribution in [0.3, 0.4) is 0 Å². The van der Waals surface area contributed by atoms with Crippen molar-refractivity contribution in [2.45, 2.75) is 0 Å². The molecule has 102 valence electrons. The first-order valence-corrected chi connectivity index (χ1v) is 6.51. The molecule has 0 aliphatic heterocycles. The Morgan fingerprint density at radius 2 is 1.60 bits per heavy atom. The number of halogens is 2. The van der Waals surface area contributed by atoms with Crippen molar-refractivity contribution in [1.82, 2.24) is 0 Å². The zero-order valence-electron chi connectivity index (χ0n) is 10.4. The highest BCUT2D eigenvalue weighted by atomic mass is 35.5. The average Bonchev–Trinajstić information content (AvgIpc) is 2.42. The van der Waals surface area contributed by atoms with Gasteiger partial charge in [-0.2, -0.15) is 0 Å². The Morgan fingerprint density at radius 3 is 2.20 bits per heavy atom. The first-order valence-electron chi connectivity index (χ1n) is 5.75. The molecule has 4 nitrogen and oxygen atoms in total. The third kappa shape index (κ3) is 3.50. The molecule has 6 heteroatoms. The maximum Gasteiger partial charge on any atom is 0.211 e. The van der Waals surface area contributed by atoms with Gasteiger partial charge in [0, 0.05) is 16.1 Å². The summed E-state index contributed by atoms with van der Waals surface area (Å²) in [4.78, 5) is 0. The van der Waals surface area contributed by atoms with Gasteiger partial charge in [0.25, 0.3) is 0 Å². The molecule has 2 rings (SSSR count). The molecule has 2 aromatic rings. The van der Waals surface area contributed by atoms with E-state index in [1.165, 1.54) is 0 Å². The fourth-order valence-electron chi connectivity index (χ4n) is 1.65. The SMILES string of the molecule is NC(N)=N/N=C(\c1ccccc1)c1ccc(Cl)cc1Cl. The number of hydrogen-bond donors (Lipinski definition) is 2. The van der Waals surface area contributed by atoms with Gasteiger partial charge in [-0.15, -0.1) is 10.2 Å². The van der Waals surface area contributed by atoms with Crippen LogP contribution in [0.5, 0.6) is 0 Å². The number of hydrogen-bond acceptors (Lipinski definition) is 2. The summed E-state index contributed by atoms with van der Waals surface area (Å²) in [5, 5.41) is 8.82. The molecule has 2 aromatic carbocycles. The van der Waals surface area contributed by atoms with Crippen molar-refractivity contribution in [1.29, 1.82) is 0 Å². The van der Waals surface area contributed by atoms with Gasteiger partial charge in [0.15, 0.2) is 0 Å². The zero-order chi connectivity index (χ0) is 14.5. The highest BCUT2D eigenvalue weighted by Gasteiger charge is 2.11. The lowest BCUT2D eigenvalue weighted by Gasteiger charge is -2.08. The Balaban J connectivity index is 2.58. The van der Waals surface area contributed by atoms with E-state index in [4.69, 9.17) is 34.7 Å². The van der Waals surface area contributed by atoms with Crippen molar-refractivity contribution < 1.29 is 0 Å². The van der Waals surface area contributed by atoms with Gasteiger partial charge in [-0.3, -0.25) is 0 Å². The zero-order valence-corrected chi connectivity index (χ0v) is 11.9. The second-order valence-electron chi connectivity index (χ2n) is 3.96. The van der Waals surface area contributed by atoms with E-state index in [0.717, 1.165) is 5.56 Å². The second kappa shape index (κ2) is 6.41. The molecular formula is C14H12Cl2N4. The van der Waals surface area contributed by atoms with Gasteiger partial charge in [-0.1, -0.05) is 53.5 Å². The van der Waals surface area contributed by atoms with Crippen LogP contribution in [-0.4, -0.2) is 11.7 Å². The third-order valence-electron chi connectivity index (χ3n) is 2.50. The van der Waals surface area contributed by atoms with Crippen LogP contribution in [0.2, 0.25) is 10.0 Å². The molecule has 0 radical (unpaired) electrons. The maximum absolute atomic E-state index is 6.21. The minimum Gasteiger partial charge on any atom is -0.369 e. The minimum absolute atomic E-state index is 0.122. The Morgan fingerprint density at radius 1 is 0.900 bits per heavy atom. The minimum atomic E-state index is -0.122. The standard InChI is InChI=1S/C14H12Cl2N4/c15-10-6-7-11(12(16)8-10)13(19-20-14(17)18)9-4-2-1-3-5-9/h1-8H,(H4,17,18,20)/b19-13+. The molecule has 0 fully saturated rings. The van der Waals surface area contributed by atoms with Crippen LogP contribution in [0.15, 0.2) is 58.7 Å². The van der Waals surface area contributed by atoms with E-state index in [1.54, 1.807) is 18.2 Å². The van der Waals surface area contributed by atoms with Crippen LogP contribution >= 0.6 is 23.2 Å². The van der Waals surface area contributed by atoms with Gasteiger partial charge in [-0.05, 0) is 18.2 Å². The Kier molecular flexibility index (Phi) is 4.61. The lowest BCUT2D eigenvalue weighted by molar-refractivity contribution is 1.20. The molecule has 0 aliphatic rings. The van der Waals surface area contributed by atoms with Crippen molar-refractivity contribution in [2.24, 2.45) is 21.7 Å². The fraction of sp³-hybridized carbons (Fsp3) is 0. The van der Waals surface area contributed by atoms with E-state index in [2.05, 4.69) is 10.2 Å². The number of guanidine groups is 1. The fourth-order valence-corrected chi connectivity index (χ4v) is 2.15. The molecule has 0 aliphatic carbocycles. The monoisotopic (exact) mass is 306 g/mol. The number of nitrogens with zero attached hydrogens (tertiary/aromatic N) is 2. The van der Waals surface area contributed by atoms with Crippen molar-refractivity contribution in [2.75, 3.05) is 0 Å². The van der Waals surface area contributed by atoms with Crippen molar-refractivity contribution in [3.05, 3.63) is 69.7 Å². The van der Waals surface area contributed by atoms with Gasteiger partial charge in [-0.25, -0.2) is 0 Å². The van der Waals surface area contributed by atoms with E-state index in [-0.39, 0.29) is 5.96 Å². The topological polar surface area (TPSA) is 76.8 Å². The average molecular weight is 307 g/mol. The van der Waals surface area contributed by atoms with Gasteiger partial charge in [0.05, 0.1) is 5.02 Å². The summed E-state index contributed by atoms with van der Waals surface area (Å²) in [5.41, 5.74) is 12.8. The molecule has 0 heterocycles. The predicted molar refractivity (Wildman–Crippen MR) is 84.4 cm³/mol. The molecule has 0 amide bonds. The Hall–Kier alpha value is -2.04. The molecule has 0 spiro atoms. The largest absolute Gasteiger partial charge is 0.369 e. The summed E-state index contributed by atoms with van der Waals surface area (Å²) in [7, 11) is 0. The first-order chi connectivity index (χ1) is 9.58. The van der Waals surface area contributed by atoms with E-state index in [1.807, 2.05) is 30.3 Å². The van der Waals surface area contributed by atoms with Gasteiger partial charge in [0.1, 0.15) is 5.71 Å². The predicted octanol–water partition coefficient (Wildman–Crippen LogP) is 3.02. The number of benzene rings is 2. The second-order valence-corrected chi connectivity index (χ2v) is 4.81. The molecule has 0 bridgehead atoms. The van der Waals surface area contributed by atoms with Crippen molar-refractivity contribution in [3.8, 4) is 0 Å². The van der Waals surface area contributed by atoms with E-state index in [0.29, 0.717) is 21.3 Å². The molecule has 0 unspecified atom stereocenters. The van der Waals surface area contributed by atoms with Crippen molar-refractivity contribution in [3.63, 3.8) is 0 Å². The normalized spacial score (nSPS) is 11.2. The van der Waals surface area contributed by atoms with E-state index < -0.39 is 0 Å². The van der Waals surface area contributed by atoms with Gasteiger partial charge < -0.3 is 11.5 Å². The van der Waals surface area contributed by atoms with Crippen LogP contribution in [-0.2, 0) is 0 Å². The molecular weight excluding hydrogens is 295 g/mol. The summed E-state index contributed by atoms with van der Waals surface area (Å²) in [6.07, 6.45) is 0. The molecule has 0 atom stereocenters. The lowest BCUT2D eigenvalue weighted by Crippen LogP contribution is -2.22. The van der Waals surface area contributed by atoms with Gasteiger partial charge >= 0.3 is 0 Å². The summed E-state index contributed by atoms with van der Waals surface area (Å²) in [6, 6.07) is 14.6. The van der Waals surface area contributed by atoms with Crippen LogP contribution in [0, 0.1) is 0 Å². The highest BCUT2D eigenvalue weighted by molar-refractivity contribution is 6.37. The molecule has 0 saturated carbocycles. The Labute approximate surface area is 126 Å². The molecule has 20 heavy (non-hydrogen) atoms. The van der Waals surface area contributed by atoms with E-state index >= 15 is 0 Å². The van der Waals surface area contributed by atoms with Gasteiger partial charge in [0.2, 0.25) is 5.96 Å². The third-order valence-corrected chi connectivity index (χ3v) is 3.05. The highest BCUT2D eigenvalue weighted by Crippen LogP contribution is 2.24. The number of rotatable bonds is 3. The first kappa shape index (κ1) is 14.4. The summed E-state index contributed by atoms with van der Waals surface area (Å²) in [6.45, 7) is 0. The van der Waals surface area contributed by atoms with Crippen LogP contribution in [0.25, 0.3) is 0 Å².